The van der Waals surface area contributed by atoms with E-state index in [1.807, 2.05) is 6.07 Å². The number of anilines is 1. The van der Waals surface area contributed by atoms with Crippen LogP contribution in [0.25, 0.3) is 0 Å². The maximum atomic E-state index is 12.0. The summed E-state index contributed by atoms with van der Waals surface area (Å²) in [6, 6.07) is 8.83. The molecule has 0 fully saturated rings. The van der Waals surface area contributed by atoms with Gasteiger partial charge in [0.05, 0.1) is 24.6 Å². The van der Waals surface area contributed by atoms with Crippen LogP contribution < -0.4 is 10.1 Å². The first kappa shape index (κ1) is 18.3. The number of carbonyl (C=O) groups excluding carboxylic acids is 3. The molecule has 8 nitrogen and oxygen atoms in total. The van der Waals surface area contributed by atoms with Crippen molar-refractivity contribution in [1.82, 2.24) is 4.90 Å². The number of amides is 2. The van der Waals surface area contributed by atoms with Crippen LogP contribution in [0, 0.1) is 11.3 Å². The molecule has 0 saturated heterocycles. The van der Waals surface area contributed by atoms with Gasteiger partial charge in [-0.3, -0.25) is 14.4 Å². The van der Waals surface area contributed by atoms with Crippen molar-refractivity contribution in [2.24, 2.45) is 0 Å². The fourth-order valence-corrected chi connectivity index (χ4v) is 2.31. The summed E-state index contributed by atoms with van der Waals surface area (Å²) in [7, 11) is 1.53. The molecule has 2 rings (SSSR count). The number of esters is 1. The van der Waals surface area contributed by atoms with Gasteiger partial charge in [-0.05, 0) is 19.1 Å². The fraction of sp³-hybridized carbons (Fsp3) is 0.412. The highest BCUT2D eigenvalue weighted by atomic mass is 16.6. The zero-order chi connectivity index (χ0) is 18.4. The minimum Gasteiger partial charge on any atom is -0.478 e. The van der Waals surface area contributed by atoms with Crippen LogP contribution >= 0.6 is 0 Å². The lowest BCUT2D eigenvalue weighted by Gasteiger charge is -2.26. The van der Waals surface area contributed by atoms with E-state index >= 15 is 0 Å². The summed E-state index contributed by atoms with van der Waals surface area (Å²) < 4.78 is 10.6. The number of hydrogen-bond acceptors (Lipinski definition) is 6. The summed E-state index contributed by atoms with van der Waals surface area (Å²) in [5, 5.41) is 11.2. The van der Waals surface area contributed by atoms with Crippen LogP contribution in [0.5, 0.6) is 5.75 Å². The number of hydrogen-bond donors (Lipinski definition) is 1. The summed E-state index contributed by atoms with van der Waals surface area (Å²) in [6.07, 6.45) is -2.13. The Morgan fingerprint density at radius 2 is 2.16 bits per heavy atom. The predicted octanol–water partition coefficient (Wildman–Crippen LogP) is 1.08. The van der Waals surface area contributed by atoms with E-state index in [9.17, 15) is 14.4 Å². The molecule has 132 valence electrons. The van der Waals surface area contributed by atoms with E-state index in [0.717, 1.165) is 0 Å². The molecule has 0 aromatic heterocycles. The second kappa shape index (κ2) is 8.15. The normalized spacial score (nSPS) is 16.5. The highest BCUT2D eigenvalue weighted by Gasteiger charge is 2.31. The van der Waals surface area contributed by atoms with Crippen LogP contribution in [0.1, 0.15) is 19.8 Å². The minimum atomic E-state index is -1.01. The molecule has 0 saturated carbocycles. The topological polar surface area (TPSA) is 109 Å². The van der Waals surface area contributed by atoms with E-state index in [4.69, 9.17) is 14.7 Å². The maximum Gasteiger partial charge on any atom is 0.310 e. The van der Waals surface area contributed by atoms with Crippen molar-refractivity contribution in [3.63, 3.8) is 0 Å². The summed E-state index contributed by atoms with van der Waals surface area (Å²) in [4.78, 5) is 37.4. The van der Waals surface area contributed by atoms with Crippen molar-refractivity contribution in [3.05, 3.63) is 24.3 Å². The van der Waals surface area contributed by atoms with Crippen LogP contribution in [0.4, 0.5) is 5.69 Å². The summed E-state index contributed by atoms with van der Waals surface area (Å²) in [5.41, 5.74) is 0.541. The standard InChI is InChI=1S/C17H19N3O5/c1-11(17(23)20(2)9-5-8-18)24-15(21)10-14-16(22)19-12-6-3-4-7-13(12)25-14/h3-4,6-7,11,14H,5,9-10H2,1-2H3,(H,19,22)/t11-,14-/m0/s1. The number of fused-ring (bicyclic) bond motifs is 1. The number of nitrogens with zero attached hydrogens (tertiary/aromatic N) is 2. The largest absolute Gasteiger partial charge is 0.478 e. The molecule has 25 heavy (non-hydrogen) atoms. The van der Waals surface area contributed by atoms with Gasteiger partial charge in [0.1, 0.15) is 5.75 Å². The van der Waals surface area contributed by atoms with Crippen LogP contribution in [0.3, 0.4) is 0 Å². The third-order valence-electron chi connectivity index (χ3n) is 3.65. The molecule has 2 amide bonds. The van der Waals surface area contributed by atoms with Crippen molar-refractivity contribution >= 4 is 23.5 Å². The van der Waals surface area contributed by atoms with E-state index in [2.05, 4.69) is 5.32 Å². The molecule has 0 radical (unpaired) electrons. The first-order chi connectivity index (χ1) is 11.9. The first-order valence-corrected chi connectivity index (χ1v) is 7.80. The summed E-state index contributed by atoms with van der Waals surface area (Å²) >= 11 is 0. The highest BCUT2D eigenvalue weighted by molar-refractivity contribution is 5.99. The van der Waals surface area contributed by atoms with Gasteiger partial charge in [-0.2, -0.15) is 5.26 Å². The molecular weight excluding hydrogens is 326 g/mol. The maximum absolute atomic E-state index is 12.0. The number of para-hydroxylation sites is 2. The second-order valence-corrected chi connectivity index (χ2v) is 5.60. The summed E-state index contributed by atoms with van der Waals surface area (Å²) in [6.45, 7) is 1.70. The first-order valence-electron chi connectivity index (χ1n) is 7.80. The van der Waals surface area contributed by atoms with Gasteiger partial charge < -0.3 is 19.7 Å². The highest BCUT2D eigenvalue weighted by Crippen LogP contribution is 2.29. The quantitative estimate of drug-likeness (QED) is 0.773. The Morgan fingerprint density at radius 1 is 1.44 bits per heavy atom. The second-order valence-electron chi connectivity index (χ2n) is 5.60. The van der Waals surface area contributed by atoms with Crippen LogP contribution in [0.15, 0.2) is 24.3 Å². The molecule has 0 spiro atoms. The van der Waals surface area contributed by atoms with E-state index in [-0.39, 0.29) is 19.4 Å². The molecule has 1 aliphatic heterocycles. The summed E-state index contributed by atoms with van der Waals surface area (Å²) in [5.74, 6) is -1.10. The minimum absolute atomic E-state index is 0.193. The number of rotatable bonds is 6. The van der Waals surface area contributed by atoms with Crippen LogP contribution in [-0.4, -0.2) is 48.5 Å². The molecule has 1 aromatic rings. The molecule has 1 N–H and O–H groups in total. The number of ether oxygens (including phenoxy) is 2. The van der Waals surface area contributed by atoms with Crippen molar-refractivity contribution in [2.45, 2.75) is 32.0 Å². The van der Waals surface area contributed by atoms with Crippen LogP contribution in [0.2, 0.25) is 0 Å². The van der Waals surface area contributed by atoms with Crippen molar-refractivity contribution in [1.29, 1.82) is 5.26 Å². The smallest absolute Gasteiger partial charge is 0.310 e. The van der Waals surface area contributed by atoms with Gasteiger partial charge >= 0.3 is 5.97 Å². The average molecular weight is 345 g/mol. The number of nitriles is 1. The van der Waals surface area contributed by atoms with Gasteiger partial charge in [0.25, 0.3) is 11.8 Å². The molecule has 8 heteroatoms. The Labute approximate surface area is 145 Å². The average Bonchev–Trinajstić information content (AvgIpc) is 2.59. The predicted molar refractivity (Wildman–Crippen MR) is 87.5 cm³/mol. The van der Waals surface area contributed by atoms with Crippen molar-refractivity contribution < 1.29 is 23.9 Å². The Balaban J connectivity index is 1.89. The number of likely N-dealkylation sites (N-methyl/N-ethyl adjacent to an activating group) is 1. The van der Waals surface area contributed by atoms with E-state index in [1.165, 1.54) is 18.9 Å². The number of benzene rings is 1. The Kier molecular flexibility index (Phi) is 5.95. The lowest BCUT2D eigenvalue weighted by Crippen LogP contribution is -2.41. The zero-order valence-corrected chi connectivity index (χ0v) is 14.0. The van der Waals surface area contributed by atoms with E-state index in [1.54, 1.807) is 24.3 Å². The fourth-order valence-electron chi connectivity index (χ4n) is 2.31. The van der Waals surface area contributed by atoms with Crippen molar-refractivity contribution in [2.75, 3.05) is 18.9 Å². The SMILES string of the molecule is C[C@H](OC(=O)C[C@@H]1Oc2ccccc2NC1=O)C(=O)N(C)CCC#N. The zero-order valence-electron chi connectivity index (χ0n) is 14.0. The molecule has 1 aliphatic rings. The molecule has 2 atom stereocenters. The number of nitrogens with one attached hydrogen (secondary N) is 1. The van der Waals surface area contributed by atoms with Gasteiger partial charge in [-0.15, -0.1) is 0 Å². The molecule has 0 bridgehead atoms. The molecular formula is C17H19N3O5. The Bertz CT molecular complexity index is 712. The molecule has 1 aromatic carbocycles. The van der Waals surface area contributed by atoms with E-state index < -0.39 is 30.0 Å². The van der Waals surface area contributed by atoms with Gasteiger partial charge in [0.15, 0.2) is 12.2 Å². The Morgan fingerprint density at radius 3 is 2.88 bits per heavy atom. The third-order valence-corrected chi connectivity index (χ3v) is 3.65. The Hall–Kier alpha value is -3.08. The van der Waals surface area contributed by atoms with Gasteiger partial charge in [-0.25, -0.2) is 0 Å². The van der Waals surface area contributed by atoms with Gasteiger partial charge in [0.2, 0.25) is 0 Å². The van der Waals surface area contributed by atoms with E-state index in [0.29, 0.717) is 11.4 Å². The van der Waals surface area contributed by atoms with Gasteiger partial charge in [0, 0.05) is 13.6 Å². The molecule has 0 aliphatic carbocycles. The van der Waals surface area contributed by atoms with Crippen molar-refractivity contribution in [3.8, 4) is 11.8 Å². The third kappa shape index (κ3) is 4.70. The lowest BCUT2D eigenvalue weighted by molar-refractivity contribution is -0.160. The van der Waals surface area contributed by atoms with Gasteiger partial charge in [-0.1, -0.05) is 12.1 Å². The van der Waals surface area contributed by atoms with Crippen LogP contribution in [-0.2, 0) is 19.1 Å². The lowest BCUT2D eigenvalue weighted by atomic mass is 10.1. The molecule has 0 unspecified atom stereocenters. The molecule has 1 heterocycles. The number of carbonyl (C=O) groups is 3. The monoisotopic (exact) mass is 345 g/mol.